The van der Waals surface area contributed by atoms with Crippen LogP contribution in [0.25, 0.3) is 10.6 Å². The zero-order chi connectivity index (χ0) is 13.7. The van der Waals surface area contributed by atoms with E-state index < -0.39 is 0 Å². The minimum atomic E-state index is -0.327. The number of thiazole rings is 1. The van der Waals surface area contributed by atoms with Gasteiger partial charge in [0.25, 0.3) is 5.91 Å². The number of rotatable bonds is 5. The molecule has 0 aliphatic carbocycles. The summed E-state index contributed by atoms with van der Waals surface area (Å²) in [5.74, 6) is 5.59. The van der Waals surface area contributed by atoms with E-state index in [4.69, 9.17) is 10.6 Å². The number of amides is 1. The van der Waals surface area contributed by atoms with Crippen molar-refractivity contribution in [1.82, 2.24) is 10.4 Å². The Morgan fingerprint density at radius 3 is 2.79 bits per heavy atom. The average Bonchev–Trinajstić information content (AvgIpc) is 2.94. The highest BCUT2D eigenvalue weighted by Crippen LogP contribution is 2.26. The summed E-state index contributed by atoms with van der Waals surface area (Å²) in [5, 5.41) is 0.778. The van der Waals surface area contributed by atoms with Gasteiger partial charge in [0.15, 0.2) is 0 Å². The van der Waals surface area contributed by atoms with Crippen molar-refractivity contribution >= 4 is 17.2 Å². The quantitative estimate of drug-likeness (QED) is 0.499. The minimum absolute atomic E-state index is 0.327. The predicted octanol–water partition coefficient (Wildman–Crippen LogP) is 2.20. The van der Waals surface area contributed by atoms with E-state index >= 15 is 0 Å². The third kappa shape index (κ3) is 3.30. The van der Waals surface area contributed by atoms with Crippen molar-refractivity contribution in [3.63, 3.8) is 0 Å². The maximum Gasteiger partial charge on any atom is 0.276 e. The van der Waals surface area contributed by atoms with Crippen molar-refractivity contribution in [1.29, 1.82) is 0 Å². The van der Waals surface area contributed by atoms with E-state index in [2.05, 4.69) is 17.3 Å². The molecule has 0 radical (unpaired) electrons. The zero-order valence-electron chi connectivity index (χ0n) is 10.6. The molecule has 1 aromatic carbocycles. The Labute approximate surface area is 115 Å². The molecular weight excluding hydrogens is 262 g/mol. The molecule has 0 fully saturated rings. The van der Waals surface area contributed by atoms with Crippen LogP contribution in [0.2, 0.25) is 0 Å². The topological polar surface area (TPSA) is 77.2 Å². The van der Waals surface area contributed by atoms with Crippen molar-refractivity contribution in [2.24, 2.45) is 5.84 Å². The largest absolute Gasteiger partial charge is 0.494 e. The molecule has 0 spiro atoms. The highest BCUT2D eigenvalue weighted by atomic mass is 32.1. The minimum Gasteiger partial charge on any atom is -0.494 e. The Balaban J connectivity index is 2.13. The number of nitrogen functional groups attached to an aromatic ring is 1. The number of hydrogen-bond acceptors (Lipinski definition) is 5. The lowest BCUT2D eigenvalue weighted by molar-refractivity contribution is 0.0957. The zero-order valence-corrected chi connectivity index (χ0v) is 11.4. The van der Waals surface area contributed by atoms with Gasteiger partial charge in [-0.1, -0.05) is 6.92 Å². The number of ether oxygens (including phenoxy) is 1. The number of nitrogens with one attached hydrogen (secondary N) is 1. The lowest BCUT2D eigenvalue weighted by Gasteiger charge is -2.04. The molecule has 0 bridgehead atoms. The average molecular weight is 277 g/mol. The third-order valence-corrected chi connectivity index (χ3v) is 3.48. The summed E-state index contributed by atoms with van der Waals surface area (Å²) in [7, 11) is 0. The molecule has 5 nitrogen and oxygen atoms in total. The number of carbonyl (C=O) groups is 1. The summed E-state index contributed by atoms with van der Waals surface area (Å²) >= 11 is 1.30. The van der Waals surface area contributed by atoms with Crippen LogP contribution in [0.15, 0.2) is 30.5 Å². The monoisotopic (exact) mass is 277 g/mol. The molecule has 0 aliphatic heterocycles. The summed E-state index contributed by atoms with van der Waals surface area (Å²) in [6.45, 7) is 2.77. The molecular formula is C13H15N3O2S. The van der Waals surface area contributed by atoms with Gasteiger partial charge in [-0.05, 0) is 30.7 Å². The summed E-state index contributed by atoms with van der Waals surface area (Å²) in [5.41, 5.74) is 3.04. The summed E-state index contributed by atoms with van der Waals surface area (Å²) in [6.07, 6.45) is 2.50. The van der Waals surface area contributed by atoms with Crippen LogP contribution in [-0.4, -0.2) is 17.5 Å². The molecule has 1 heterocycles. The Hall–Kier alpha value is -1.92. The van der Waals surface area contributed by atoms with E-state index in [0.717, 1.165) is 22.7 Å². The van der Waals surface area contributed by atoms with Gasteiger partial charge in [-0.25, -0.2) is 10.8 Å². The second-order valence-electron chi connectivity index (χ2n) is 3.88. The summed E-state index contributed by atoms with van der Waals surface area (Å²) in [6, 6.07) is 7.64. The molecule has 0 saturated heterocycles. The molecule has 0 saturated carbocycles. The van der Waals surface area contributed by atoms with Crippen LogP contribution in [0.5, 0.6) is 5.75 Å². The van der Waals surface area contributed by atoms with E-state index in [1.54, 1.807) is 0 Å². The van der Waals surface area contributed by atoms with Crippen LogP contribution in [-0.2, 0) is 0 Å². The van der Waals surface area contributed by atoms with E-state index in [9.17, 15) is 4.79 Å². The number of hydrazine groups is 1. The van der Waals surface area contributed by atoms with Gasteiger partial charge in [-0.15, -0.1) is 11.3 Å². The Kier molecular flexibility index (Phi) is 4.48. The van der Waals surface area contributed by atoms with Crippen LogP contribution in [0.3, 0.4) is 0 Å². The fraction of sp³-hybridized carbons (Fsp3) is 0.231. The van der Waals surface area contributed by atoms with E-state index in [-0.39, 0.29) is 5.91 Å². The van der Waals surface area contributed by atoms with Crippen LogP contribution in [0.4, 0.5) is 0 Å². The summed E-state index contributed by atoms with van der Waals surface area (Å²) < 4.78 is 5.51. The standard InChI is InChI=1S/C13H15N3O2S/c1-2-7-18-10-5-3-9(4-6-10)13-15-8-11(19-13)12(17)16-14/h3-6,8H,2,7,14H2,1H3,(H,16,17). The van der Waals surface area contributed by atoms with Crippen LogP contribution < -0.4 is 16.0 Å². The van der Waals surface area contributed by atoms with Gasteiger partial charge in [0, 0.05) is 5.56 Å². The van der Waals surface area contributed by atoms with Crippen molar-refractivity contribution in [3.8, 4) is 16.3 Å². The summed E-state index contributed by atoms with van der Waals surface area (Å²) in [4.78, 5) is 16.0. The van der Waals surface area contributed by atoms with Crippen molar-refractivity contribution in [2.45, 2.75) is 13.3 Å². The first-order chi connectivity index (χ1) is 9.24. The Bertz CT molecular complexity index is 551. The van der Waals surface area contributed by atoms with Gasteiger partial charge in [0.1, 0.15) is 15.6 Å². The second-order valence-corrected chi connectivity index (χ2v) is 4.91. The van der Waals surface area contributed by atoms with Crippen LogP contribution >= 0.6 is 11.3 Å². The van der Waals surface area contributed by atoms with Crippen LogP contribution in [0.1, 0.15) is 23.0 Å². The molecule has 1 aromatic heterocycles. The predicted molar refractivity (Wildman–Crippen MR) is 75.0 cm³/mol. The van der Waals surface area contributed by atoms with Gasteiger partial charge >= 0.3 is 0 Å². The maximum atomic E-state index is 11.3. The highest BCUT2D eigenvalue weighted by Gasteiger charge is 2.10. The van der Waals surface area contributed by atoms with E-state index in [1.807, 2.05) is 24.3 Å². The number of hydrogen-bond donors (Lipinski definition) is 2. The second kappa shape index (κ2) is 6.31. The fourth-order valence-corrected chi connectivity index (χ4v) is 2.32. The lowest BCUT2D eigenvalue weighted by atomic mass is 10.2. The Morgan fingerprint density at radius 2 is 2.16 bits per heavy atom. The molecule has 6 heteroatoms. The number of benzene rings is 1. The first-order valence-corrected chi connectivity index (χ1v) is 6.76. The number of aromatic nitrogens is 1. The SMILES string of the molecule is CCCOc1ccc(-c2ncc(C(=O)NN)s2)cc1. The van der Waals surface area contributed by atoms with Gasteiger partial charge < -0.3 is 4.74 Å². The number of carbonyl (C=O) groups excluding carboxylic acids is 1. The first-order valence-electron chi connectivity index (χ1n) is 5.94. The van der Waals surface area contributed by atoms with Crippen molar-refractivity contribution in [3.05, 3.63) is 35.3 Å². The number of nitrogens with two attached hydrogens (primary N) is 1. The van der Waals surface area contributed by atoms with Gasteiger partial charge in [-0.2, -0.15) is 0 Å². The molecule has 2 rings (SSSR count). The lowest BCUT2D eigenvalue weighted by Crippen LogP contribution is -2.29. The molecule has 19 heavy (non-hydrogen) atoms. The van der Waals surface area contributed by atoms with Crippen molar-refractivity contribution < 1.29 is 9.53 Å². The molecule has 1 amide bonds. The van der Waals surface area contributed by atoms with Gasteiger partial charge in [0.2, 0.25) is 0 Å². The Morgan fingerprint density at radius 1 is 1.42 bits per heavy atom. The molecule has 3 N–H and O–H groups in total. The molecule has 100 valence electrons. The normalized spacial score (nSPS) is 10.2. The third-order valence-electron chi connectivity index (χ3n) is 2.43. The molecule has 0 unspecified atom stereocenters. The maximum absolute atomic E-state index is 11.3. The molecule has 0 atom stereocenters. The van der Waals surface area contributed by atoms with Gasteiger partial charge in [-0.3, -0.25) is 10.2 Å². The van der Waals surface area contributed by atoms with Gasteiger partial charge in [0.05, 0.1) is 12.8 Å². The highest BCUT2D eigenvalue weighted by molar-refractivity contribution is 7.16. The van der Waals surface area contributed by atoms with Crippen molar-refractivity contribution in [2.75, 3.05) is 6.61 Å². The van der Waals surface area contributed by atoms with E-state index in [0.29, 0.717) is 11.5 Å². The molecule has 2 aromatic rings. The fourth-order valence-electron chi connectivity index (χ4n) is 1.50. The van der Waals surface area contributed by atoms with Crippen LogP contribution in [0, 0.1) is 0 Å². The smallest absolute Gasteiger partial charge is 0.276 e. The molecule has 0 aliphatic rings. The van der Waals surface area contributed by atoms with E-state index in [1.165, 1.54) is 17.5 Å². The number of nitrogens with zero attached hydrogens (tertiary/aromatic N) is 1. The first kappa shape index (κ1) is 13.5.